The summed E-state index contributed by atoms with van der Waals surface area (Å²) in [7, 11) is 0. The minimum atomic E-state index is -0.456. The molecule has 1 amide bonds. The molecule has 0 aliphatic heterocycles. The van der Waals surface area contributed by atoms with Gasteiger partial charge in [0.1, 0.15) is 12.3 Å². The maximum Gasteiger partial charge on any atom is 0.411 e. The Morgan fingerprint density at radius 3 is 2.79 bits per heavy atom. The Hall–Kier alpha value is -0.470. The lowest BCUT2D eigenvalue weighted by atomic mass is 10.5. The van der Waals surface area contributed by atoms with Gasteiger partial charge in [-0.05, 0) is 0 Å². The van der Waals surface area contributed by atoms with E-state index in [1.54, 1.807) is 6.20 Å². The maximum absolute atomic E-state index is 11.3. The second-order valence-corrected chi connectivity index (χ2v) is 3.40. The first-order valence-corrected chi connectivity index (χ1v) is 5.67. The van der Waals surface area contributed by atoms with Gasteiger partial charge in [0.25, 0.3) is 0 Å². The Bertz CT molecular complexity index is 276. The van der Waals surface area contributed by atoms with E-state index in [1.165, 1.54) is 4.90 Å². The summed E-state index contributed by atoms with van der Waals surface area (Å²) in [5.74, 6) is 0.551. The summed E-state index contributed by atoms with van der Waals surface area (Å²) in [5.41, 5.74) is 0.640. The summed E-state index contributed by atoms with van der Waals surface area (Å²) in [4.78, 5) is 12.6. The summed E-state index contributed by atoms with van der Waals surface area (Å²) in [5, 5.41) is 0. The van der Waals surface area contributed by atoms with Crippen molar-refractivity contribution in [2.45, 2.75) is 6.61 Å². The van der Waals surface area contributed by atoms with Crippen LogP contribution in [-0.4, -0.2) is 31.5 Å². The van der Waals surface area contributed by atoms with E-state index in [-0.39, 0.29) is 18.4 Å². The van der Waals surface area contributed by atoms with Gasteiger partial charge in [0, 0.05) is 0 Å². The molecule has 0 aromatic carbocycles. The summed E-state index contributed by atoms with van der Waals surface area (Å²) in [6, 6.07) is 0. The first-order chi connectivity index (χ1) is 6.77. The molecule has 0 radical (unpaired) electrons. The molecule has 0 spiro atoms. The first kappa shape index (κ1) is 11.6. The van der Waals surface area contributed by atoms with E-state index in [0.29, 0.717) is 5.69 Å². The molecule has 0 aliphatic rings. The van der Waals surface area contributed by atoms with Gasteiger partial charge in [0.15, 0.2) is 0 Å². The Balaban J connectivity index is 2.34. The zero-order chi connectivity index (χ0) is 10.4. The quantitative estimate of drug-likeness (QED) is 0.625. The van der Waals surface area contributed by atoms with Crippen molar-refractivity contribution in [3.63, 3.8) is 0 Å². The molecule has 0 saturated heterocycles. The van der Waals surface area contributed by atoms with Crippen LogP contribution < -0.4 is 0 Å². The molecule has 0 saturated carbocycles. The van der Waals surface area contributed by atoms with Gasteiger partial charge < -0.3 is 4.74 Å². The maximum atomic E-state index is 11.3. The third-order valence-electron chi connectivity index (χ3n) is 1.35. The predicted octanol–water partition coefficient (Wildman–Crippen LogP) is 1.25. The number of rotatable bonds is 4. The molecular weight excluding hydrogens is 242 g/mol. The fourth-order valence-electron chi connectivity index (χ4n) is 0.635. The second kappa shape index (κ2) is 6.10. The van der Waals surface area contributed by atoms with Crippen LogP contribution in [0.4, 0.5) is 4.79 Å². The van der Waals surface area contributed by atoms with Gasteiger partial charge in [0.05, 0.1) is 29.7 Å². The third kappa shape index (κ3) is 3.35. The number of aromatic nitrogens is 2. The van der Waals surface area contributed by atoms with E-state index in [9.17, 15) is 4.79 Å². The Morgan fingerprint density at radius 2 is 2.29 bits per heavy atom. The van der Waals surface area contributed by atoms with Gasteiger partial charge in [0.2, 0.25) is 0 Å². The topological polar surface area (TPSA) is 55.3 Å². The van der Waals surface area contributed by atoms with E-state index < -0.39 is 6.09 Å². The molecule has 8 heteroatoms. The highest BCUT2D eigenvalue weighted by Gasteiger charge is 2.11. The lowest BCUT2D eigenvalue weighted by Crippen LogP contribution is -2.29. The van der Waals surface area contributed by atoms with Crippen LogP contribution in [-0.2, 0) is 11.3 Å². The lowest BCUT2D eigenvalue weighted by Gasteiger charge is -2.16. The molecule has 0 N–H and O–H groups in total. The van der Waals surface area contributed by atoms with E-state index in [0.717, 1.165) is 11.7 Å². The normalized spacial score (nSPS) is 9.86. The molecule has 0 unspecified atom stereocenters. The number of carbonyl (C=O) groups is 1. The number of nitrogens with zero attached hydrogens (tertiary/aromatic N) is 3. The lowest BCUT2D eigenvalue weighted by molar-refractivity contribution is 0.108. The Kier molecular flexibility index (Phi) is 5.05. The Morgan fingerprint density at radius 1 is 1.57 bits per heavy atom. The standard InChI is InChI=1S/C6H9N3O2S3/c10-6(9(3-12)4-13)11-2-5-1-7-14-8-5/h1,12-13H,2-4H2. The number of carbonyl (C=O) groups excluding carboxylic acids is 1. The van der Waals surface area contributed by atoms with Gasteiger partial charge >= 0.3 is 6.09 Å². The molecule has 5 nitrogen and oxygen atoms in total. The third-order valence-corrected chi connectivity index (χ3v) is 2.55. The van der Waals surface area contributed by atoms with Crippen molar-refractivity contribution in [3.05, 3.63) is 11.9 Å². The van der Waals surface area contributed by atoms with E-state index >= 15 is 0 Å². The van der Waals surface area contributed by atoms with Crippen molar-refractivity contribution in [2.24, 2.45) is 0 Å². The highest BCUT2D eigenvalue weighted by atomic mass is 32.1. The fourth-order valence-corrected chi connectivity index (χ4v) is 1.64. The van der Waals surface area contributed by atoms with Gasteiger partial charge in [-0.3, -0.25) is 4.90 Å². The SMILES string of the molecule is O=C(OCc1cnsn1)N(CS)CS. The van der Waals surface area contributed by atoms with Crippen molar-refractivity contribution in [1.82, 2.24) is 13.6 Å². The number of amides is 1. The van der Waals surface area contributed by atoms with Crippen LogP contribution in [0.2, 0.25) is 0 Å². The van der Waals surface area contributed by atoms with Crippen molar-refractivity contribution in [3.8, 4) is 0 Å². The van der Waals surface area contributed by atoms with Crippen molar-refractivity contribution < 1.29 is 9.53 Å². The minimum absolute atomic E-state index is 0.132. The number of hydrogen-bond acceptors (Lipinski definition) is 7. The number of hydrogen-bond donors (Lipinski definition) is 2. The molecule has 1 rings (SSSR count). The van der Waals surface area contributed by atoms with E-state index in [2.05, 4.69) is 34.0 Å². The molecule has 1 heterocycles. The van der Waals surface area contributed by atoms with Crippen molar-refractivity contribution in [1.29, 1.82) is 0 Å². The summed E-state index contributed by atoms with van der Waals surface area (Å²) < 4.78 is 12.6. The second-order valence-electron chi connectivity index (χ2n) is 2.28. The van der Waals surface area contributed by atoms with Gasteiger partial charge in [-0.2, -0.15) is 34.0 Å². The van der Waals surface area contributed by atoms with E-state index in [4.69, 9.17) is 4.74 Å². The van der Waals surface area contributed by atoms with Gasteiger partial charge in [-0.25, -0.2) is 4.79 Å². The molecule has 0 atom stereocenters. The monoisotopic (exact) mass is 251 g/mol. The zero-order valence-electron chi connectivity index (χ0n) is 7.16. The molecule has 0 aliphatic carbocycles. The Labute approximate surface area is 96.6 Å². The van der Waals surface area contributed by atoms with Crippen LogP contribution in [0.25, 0.3) is 0 Å². The van der Waals surface area contributed by atoms with Crippen LogP contribution in [0.15, 0.2) is 6.20 Å². The molecule has 1 aromatic rings. The smallest absolute Gasteiger partial charge is 0.411 e. The predicted molar refractivity (Wildman–Crippen MR) is 59.6 cm³/mol. The highest BCUT2D eigenvalue weighted by molar-refractivity contribution is 7.81. The summed E-state index contributed by atoms with van der Waals surface area (Å²) >= 11 is 8.98. The van der Waals surface area contributed by atoms with Crippen LogP contribution in [0, 0.1) is 0 Å². The first-order valence-electron chi connectivity index (χ1n) is 3.67. The fraction of sp³-hybridized carbons (Fsp3) is 0.500. The molecular formula is C6H9N3O2S3. The highest BCUT2D eigenvalue weighted by Crippen LogP contribution is 2.02. The molecule has 78 valence electrons. The number of ether oxygens (including phenoxy) is 1. The zero-order valence-corrected chi connectivity index (χ0v) is 9.76. The van der Waals surface area contributed by atoms with Gasteiger partial charge in [-0.1, -0.05) is 0 Å². The summed E-state index contributed by atoms with van der Waals surface area (Å²) in [6.07, 6.45) is 1.10. The van der Waals surface area contributed by atoms with Crippen LogP contribution >= 0.6 is 37.0 Å². The molecule has 0 bridgehead atoms. The minimum Gasteiger partial charge on any atom is -0.443 e. The van der Waals surface area contributed by atoms with Crippen LogP contribution in [0.1, 0.15) is 5.69 Å². The molecule has 14 heavy (non-hydrogen) atoms. The van der Waals surface area contributed by atoms with Crippen molar-refractivity contribution >= 4 is 43.1 Å². The average Bonchev–Trinajstić information content (AvgIpc) is 2.69. The largest absolute Gasteiger partial charge is 0.443 e. The van der Waals surface area contributed by atoms with Crippen LogP contribution in [0.5, 0.6) is 0 Å². The summed E-state index contributed by atoms with van der Waals surface area (Å²) in [6.45, 7) is 0.132. The van der Waals surface area contributed by atoms with E-state index in [1.807, 2.05) is 0 Å². The molecule has 0 fully saturated rings. The van der Waals surface area contributed by atoms with Crippen LogP contribution in [0.3, 0.4) is 0 Å². The molecule has 1 aromatic heterocycles. The average molecular weight is 251 g/mol. The van der Waals surface area contributed by atoms with Crippen molar-refractivity contribution in [2.75, 3.05) is 11.8 Å². The number of thiol groups is 2. The van der Waals surface area contributed by atoms with Gasteiger partial charge in [-0.15, -0.1) is 0 Å².